The Balaban J connectivity index is 1.57. The van der Waals surface area contributed by atoms with Crippen molar-refractivity contribution in [1.29, 1.82) is 0 Å². The average molecular weight is 448 g/mol. The minimum Gasteiger partial charge on any atom is -0.454 e. The molecule has 1 amide bonds. The molecule has 0 atom stereocenters. The van der Waals surface area contributed by atoms with Gasteiger partial charge in [-0.3, -0.25) is 14.8 Å². The lowest BCUT2D eigenvalue weighted by molar-refractivity contribution is 0.0976. The van der Waals surface area contributed by atoms with Crippen molar-refractivity contribution < 1.29 is 14.3 Å². The normalized spacial score (nSPS) is 12.7. The molecule has 33 heavy (non-hydrogen) atoms. The van der Waals surface area contributed by atoms with Crippen molar-refractivity contribution in [3.63, 3.8) is 0 Å². The Kier molecular flexibility index (Phi) is 6.63. The first-order valence-corrected chi connectivity index (χ1v) is 11.1. The molecule has 0 fully saturated rings. The monoisotopic (exact) mass is 447 g/mol. The Hall–Kier alpha value is -3.81. The number of guanidine groups is 1. The lowest BCUT2D eigenvalue weighted by Gasteiger charge is -2.14. The number of hydrogen-bond acceptors (Lipinski definition) is 5. The topological polar surface area (TPSA) is 89.8 Å². The maximum Gasteiger partial charge on any atom is 0.258 e. The fraction of sp³-hybridized carbons (Fsp3) is 0.320. The Bertz CT molecular complexity index is 1200. The van der Waals surface area contributed by atoms with Crippen molar-refractivity contribution >= 4 is 17.6 Å². The largest absolute Gasteiger partial charge is 0.454 e. The number of anilines is 1. The first-order chi connectivity index (χ1) is 15.9. The quantitative estimate of drug-likeness (QED) is 0.433. The molecule has 1 aliphatic rings. The van der Waals surface area contributed by atoms with E-state index in [1.165, 1.54) is 5.56 Å². The number of rotatable bonds is 6. The van der Waals surface area contributed by atoms with E-state index >= 15 is 0 Å². The van der Waals surface area contributed by atoms with Gasteiger partial charge in [-0.2, -0.15) is 5.10 Å². The Morgan fingerprint density at radius 2 is 1.94 bits per heavy atom. The van der Waals surface area contributed by atoms with E-state index in [0.29, 0.717) is 29.6 Å². The second-order valence-corrected chi connectivity index (χ2v) is 8.13. The van der Waals surface area contributed by atoms with Crippen LogP contribution in [0.4, 0.5) is 5.69 Å². The number of nitrogens with one attached hydrogen (secondary N) is 2. The minimum absolute atomic E-state index is 0.159. The molecule has 0 bridgehead atoms. The first-order valence-electron chi connectivity index (χ1n) is 11.1. The number of aliphatic imine (C=N–C) groups is 1. The molecule has 4 rings (SSSR count). The smallest absolute Gasteiger partial charge is 0.258 e. The van der Waals surface area contributed by atoms with Gasteiger partial charge in [0, 0.05) is 29.6 Å². The number of fused-ring (bicyclic) bond motifs is 1. The highest BCUT2D eigenvalue weighted by Crippen LogP contribution is 2.32. The van der Waals surface area contributed by atoms with E-state index in [1.807, 2.05) is 43.8 Å². The van der Waals surface area contributed by atoms with Crippen molar-refractivity contribution in [3.8, 4) is 11.5 Å². The van der Waals surface area contributed by atoms with Crippen LogP contribution in [0.1, 0.15) is 46.1 Å². The van der Waals surface area contributed by atoms with Crippen molar-refractivity contribution in [2.75, 3.05) is 12.1 Å². The lowest BCUT2D eigenvalue weighted by atomic mass is 10.1. The van der Waals surface area contributed by atoms with E-state index in [-0.39, 0.29) is 12.7 Å². The third-order valence-corrected chi connectivity index (χ3v) is 5.41. The fourth-order valence-electron chi connectivity index (χ4n) is 3.63. The molecule has 0 aliphatic carbocycles. The summed E-state index contributed by atoms with van der Waals surface area (Å²) in [6.45, 7) is 9.57. The Labute approximate surface area is 193 Å². The van der Waals surface area contributed by atoms with E-state index in [0.717, 1.165) is 35.5 Å². The van der Waals surface area contributed by atoms with Gasteiger partial charge in [0.1, 0.15) is 0 Å². The number of benzene rings is 2. The number of carbonyl (C=O) groups is 1. The summed E-state index contributed by atoms with van der Waals surface area (Å²) in [5.74, 6) is 1.27. The molecule has 8 nitrogen and oxygen atoms in total. The van der Waals surface area contributed by atoms with Crippen LogP contribution in [0.25, 0.3) is 0 Å². The highest BCUT2D eigenvalue weighted by molar-refractivity contribution is 6.10. The van der Waals surface area contributed by atoms with Crippen LogP contribution >= 0.6 is 0 Å². The first kappa shape index (κ1) is 22.4. The molecule has 0 saturated carbocycles. The van der Waals surface area contributed by atoms with Gasteiger partial charge in [0.2, 0.25) is 12.8 Å². The standard InChI is InChI=1S/C25H29N5O3/c1-5-10-30-14-20(18(4)29-30)13-26-25(27-21-8-6-16(2)11-17(21)3)28-24(31)19-7-9-22-23(12-19)33-15-32-22/h6-9,11-12,14H,5,10,13,15H2,1-4H3,(H2,26,27,28,31). The maximum atomic E-state index is 13.0. The molecule has 2 heterocycles. The van der Waals surface area contributed by atoms with Gasteiger partial charge in [0.15, 0.2) is 11.5 Å². The molecule has 1 aromatic heterocycles. The second kappa shape index (κ2) is 9.77. The zero-order valence-corrected chi connectivity index (χ0v) is 19.4. The zero-order chi connectivity index (χ0) is 23.4. The third kappa shape index (κ3) is 5.34. The van der Waals surface area contributed by atoms with Gasteiger partial charge in [-0.05, 0) is 57.0 Å². The van der Waals surface area contributed by atoms with Gasteiger partial charge in [-0.15, -0.1) is 0 Å². The summed E-state index contributed by atoms with van der Waals surface area (Å²) >= 11 is 0. The van der Waals surface area contributed by atoms with Crippen LogP contribution in [0, 0.1) is 20.8 Å². The summed E-state index contributed by atoms with van der Waals surface area (Å²) < 4.78 is 12.7. The lowest BCUT2D eigenvalue weighted by Crippen LogP contribution is -2.36. The molecule has 0 unspecified atom stereocenters. The molecule has 2 aromatic carbocycles. The van der Waals surface area contributed by atoms with Gasteiger partial charge in [-0.1, -0.05) is 24.6 Å². The van der Waals surface area contributed by atoms with Crippen LogP contribution in [0.2, 0.25) is 0 Å². The van der Waals surface area contributed by atoms with Gasteiger partial charge in [0.25, 0.3) is 5.91 Å². The summed E-state index contributed by atoms with van der Waals surface area (Å²) in [6, 6.07) is 11.2. The predicted octanol–water partition coefficient (Wildman–Crippen LogP) is 4.35. The van der Waals surface area contributed by atoms with Crippen molar-refractivity contribution in [3.05, 3.63) is 70.5 Å². The van der Waals surface area contributed by atoms with Gasteiger partial charge < -0.3 is 14.8 Å². The van der Waals surface area contributed by atoms with E-state index in [1.54, 1.807) is 18.2 Å². The summed E-state index contributed by atoms with van der Waals surface area (Å²) in [5.41, 5.74) is 5.51. The van der Waals surface area contributed by atoms with E-state index in [9.17, 15) is 4.79 Å². The van der Waals surface area contributed by atoms with Crippen molar-refractivity contribution in [2.45, 2.75) is 47.2 Å². The number of hydrogen-bond donors (Lipinski definition) is 2. The second-order valence-electron chi connectivity index (χ2n) is 8.13. The molecule has 0 spiro atoms. The Morgan fingerprint density at radius 3 is 2.73 bits per heavy atom. The van der Waals surface area contributed by atoms with Crippen LogP contribution in [-0.4, -0.2) is 28.4 Å². The maximum absolute atomic E-state index is 13.0. The zero-order valence-electron chi connectivity index (χ0n) is 19.4. The molecule has 8 heteroatoms. The minimum atomic E-state index is -0.289. The summed E-state index contributed by atoms with van der Waals surface area (Å²) in [5, 5.41) is 10.7. The molecule has 0 saturated heterocycles. The van der Waals surface area contributed by atoms with Crippen LogP contribution in [0.15, 0.2) is 47.6 Å². The SMILES string of the molecule is CCCn1cc(CN=C(NC(=O)c2ccc3c(c2)OCO3)Nc2ccc(C)cc2C)c(C)n1. The van der Waals surface area contributed by atoms with Gasteiger partial charge in [-0.25, -0.2) is 4.99 Å². The number of ether oxygens (including phenoxy) is 2. The molecule has 0 radical (unpaired) electrons. The summed E-state index contributed by atoms with van der Waals surface area (Å²) in [6.07, 6.45) is 3.02. The third-order valence-electron chi connectivity index (χ3n) is 5.41. The fourth-order valence-corrected chi connectivity index (χ4v) is 3.63. The van der Waals surface area contributed by atoms with Crippen molar-refractivity contribution in [1.82, 2.24) is 15.1 Å². The number of carbonyl (C=O) groups excluding carboxylic acids is 1. The molecular formula is C25H29N5O3. The molecule has 172 valence electrons. The number of nitrogens with zero attached hydrogens (tertiary/aromatic N) is 3. The molecular weight excluding hydrogens is 418 g/mol. The highest BCUT2D eigenvalue weighted by Gasteiger charge is 2.17. The van der Waals surface area contributed by atoms with E-state index < -0.39 is 0 Å². The average Bonchev–Trinajstić information content (AvgIpc) is 3.39. The van der Waals surface area contributed by atoms with Crippen LogP contribution in [-0.2, 0) is 13.1 Å². The highest BCUT2D eigenvalue weighted by atomic mass is 16.7. The molecule has 1 aliphatic heterocycles. The number of amides is 1. The molecule has 3 aromatic rings. The van der Waals surface area contributed by atoms with Crippen molar-refractivity contribution in [2.24, 2.45) is 4.99 Å². The van der Waals surface area contributed by atoms with E-state index in [2.05, 4.69) is 33.7 Å². The van der Waals surface area contributed by atoms with Crippen LogP contribution in [0.3, 0.4) is 0 Å². The Morgan fingerprint density at radius 1 is 1.12 bits per heavy atom. The number of aryl methyl sites for hydroxylation is 4. The molecule has 2 N–H and O–H groups in total. The van der Waals surface area contributed by atoms with Crippen LogP contribution < -0.4 is 20.1 Å². The summed E-state index contributed by atoms with van der Waals surface area (Å²) in [4.78, 5) is 17.7. The predicted molar refractivity (Wildman–Crippen MR) is 128 cm³/mol. The number of aromatic nitrogens is 2. The van der Waals surface area contributed by atoms with E-state index in [4.69, 9.17) is 9.47 Å². The van der Waals surface area contributed by atoms with Gasteiger partial charge in [0.05, 0.1) is 12.2 Å². The van der Waals surface area contributed by atoms with Crippen LogP contribution in [0.5, 0.6) is 11.5 Å². The summed E-state index contributed by atoms with van der Waals surface area (Å²) in [7, 11) is 0. The van der Waals surface area contributed by atoms with Gasteiger partial charge >= 0.3 is 0 Å².